The summed E-state index contributed by atoms with van der Waals surface area (Å²) in [6.45, 7) is 11.2. The van der Waals surface area contributed by atoms with E-state index >= 15 is 0 Å². The number of nitriles is 1. The van der Waals surface area contributed by atoms with Gasteiger partial charge in [-0.1, -0.05) is 0 Å². The molecule has 0 aromatic carbocycles. The highest BCUT2D eigenvalue weighted by Gasteiger charge is 2.32. The van der Waals surface area contributed by atoms with E-state index in [-0.39, 0.29) is 0 Å². The zero-order valence-corrected chi connectivity index (χ0v) is 12.9. The average Bonchev–Trinajstić information content (AvgIpc) is 2.25. The number of carbonyl (C=O) groups is 1. The van der Waals surface area contributed by atoms with Gasteiger partial charge >= 0.3 is 6.09 Å². The monoisotopic (exact) mass is 275 g/mol. The predicted molar refractivity (Wildman–Crippen MR) is 77.4 cm³/mol. The average molecular weight is 275 g/mol. The first kappa shape index (κ1) is 16.0. The van der Waals surface area contributed by atoms with Gasteiger partial charge in [-0.05, 0) is 53.7 Å². The number of carbonyl (C=O) groups excluding carboxylic acids is 1. The van der Waals surface area contributed by atoms with Gasteiger partial charge in [0.15, 0.2) is 0 Å². The van der Waals surface area contributed by atoms with Crippen molar-refractivity contribution in [3.8, 4) is 6.07 Å². The van der Waals surface area contributed by atoms with Crippen molar-refractivity contribution >= 4 is 11.8 Å². The van der Waals surface area contributed by atoms with Gasteiger partial charge < -0.3 is 4.74 Å². The van der Waals surface area contributed by atoms with Crippen LogP contribution in [0.25, 0.3) is 0 Å². The Morgan fingerprint density at radius 1 is 1.25 bits per heavy atom. The van der Waals surface area contributed by atoms with Crippen LogP contribution in [0.5, 0.6) is 0 Å². The molecule has 0 N–H and O–H groups in total. The summed E-state index contributed by atoms with van der Waals surface area (Å²) >= 11 is 0. The molecule has 0 radical (unpaired) electrons. The van der Waals surface area contributed by atoms with Crippen molar-refractivity contribution in [3.63, 3.8) is 0 Å². The minimum absolute atomic E-state index is 0.312. The van der Waals surface area contributed by atoms with E-state index in [1.165, 1.54) is 11.1 Å². The molecule has 0 atom stereocenters. The summed E-state index contributed by atoms with van der Waals surface area (Å²) in [5.41, 5.74) is -0.115. The van der Waals surface area contributed by atoms with E-state index in [9.17, 15) is 4.79 Å². The highest BCUT2D eigenvalue weighted by molar-refractivity contribution is 5.89. The molecule has 0 aliphatic rings. The van der Waals surface area contributed by atoms with Crippen LogP contribution in [0.4, 0.5) is 10.5 Å². The third kappa shape index (κ3) is 4.23. The van der Waals surface area contributed by atoms with Gasteiger partial charge in [0.25, 0.3) is 0 Å². The molecule has 108 valence electrons. The van der Waals surface area contributed by atoms with Crippen LogP contribution in [0.15, 0.2) is 18.3 Å². The van der Waals surface area contributed by atoms with E-state index in [1.54, 1.807) is 12.1 Å². The Morgan fingerprint density at radius 3 is 2.20 bits per heavy atom. The summed E-state index contributed by atoms with van der Waals surface area (Å²) in [7, 11) is 0. The first-order chi connectivity index (χ1) is 9.04. The summed E-state index contributed by atoms with van der Waals surface area (Å²) in [6.07, 6.45) is 1.07. The van der Waals surface area contributed by atoms with Crippen molar-refractivity contribution in [1.29, 1.82) is 5.26 Å². The smallest absolute Gasteiger partial charge is 0.415 e. The molecule has 0 fully saturated rings. The van der Waals surface area contributed by atoms with Crippen LogP contribution in [-0.2, 0) is 4.74 Å². The molecule has 5 heteroatoms. The van der Waals surface area contributed by atoms with E-state index in [1.807, 2.05) is 47.6 Å². The quantitative estimate of drug-likeness (QED) is 0.786. The third-order valence-corrected chi connectivity index (χ3v) is 2.37. The fourth-order valence-electron chi connectivity index (χ4n) is 1.66. The number of pyridine rings is 1. The molecule has 0 saturated heterocycles. The molecule has 0 bridgehead atoms. The van der Waals surface area contributed by atoms with Crippen molar-refractivity contribution < 1.29 is 9.53 Å². The Labute approximate surface area is 120 Å². The predicted octanol–water partition coefficient (Wildman–Crippen LogP) is 3.49. The maximum absolute atomic E-state index is 12.4. The second kappa shape index (κ2) is 5.49. The lowest BCUT2D eigenvalue weighted by Crippen LogP contribution is -2.48. The van der Waals surface area contributed by atoms with Gasteiger partial charge in [0.05, 0.1) is 11.9 Å². The van der Waals surface area contributed by atoms with E-state index < -0.39 is 17.2 Å². The largest absolute Gasteiger partial charge is 0.443 e. The van der Waals surface area contributed by atoms with Gasteiger partial charge in [-0.3, -0.25) is 4.90 Å². The zero-order chi connectivity index (χ0) is 15.6. The van der Waals surface area contributed by atoms with E-state index in [0.717, 1.165) is 0 Å². The van der Waals surface area contributed by atoms with Crippen molar-refractivity contribution in [2.45, 2.75) is 52.7 Å². The lowest BCUT2D eigenvalue weighted by molar-refractivity contribution is 0.0550. The van der Waals surface area contributed by atoms with Gasteiger partial charge in [-0.2, -0.15) is 5.26 Å². The first-order valence-corrected chi connectivity index (χ1v) is 6.44. The minimum atomic E-state index is -0.569. The molecule has 1 heterocycles. The Kier molecular flexibility index (Phi) is 4.39. The van der Waals surface area contributed by atoms with Gasteiger partial charge in [0, 0.05) is 5.54 Å². The number of hydrogen-bond donors (Lipinski definition) is 0. The number of hydrogen-bond acceptors (Lipinski definition) is 4. The van der Waals surface area contributed by atoms with Crippen LogP contribution >= 0.6 is 0 Å². The van der Waals surface area contributed by atoms with Gasteiger partial charge in [0.2, 0.25) is 0 Å². The van der Waals surface area contributed by atoms with Crippen LogP contribution in [0.3, 0.4) is 0 Å². The lowest BCUT2D eigenvalue weighted by atomic mass is 10.1. The van der Waals surface area contributed by atoms with Gasteiger partial charge in [0.1, 0.15) is 17.4 Å². The minimum Gasteiger partial charge on any atom is -0.443 e. The lowest BCUT2D eigenvalue weighted by Gasteiger charge is -2.36. The van der Waals surface area contributed by atoms with Crippen LogP contribution in [0.1, 0.15) is 47.2 Å². The second-order valence-corrected chi connectivity index (χ2v) is 6.50. The highest BCUT2D eigenvalue weighted by Crippen LogP contribution is 2.25. The van der Waals surface area contributed by atoms with E-state index in [4.69, 9.17) is 10.00 Å². The van der Waals surface area contributed by atoms with Crippen LogP contribution in [0, 0.1) is 11.3 Å². The van der Waals surface area contributed by atoms with Crippen molar-refractivity contribution in [2.24, 2.45) is 0 Å². The summed E-state index contributed by atoms with van der Waals surface area (Å²) < 4.78 is 5.43. The topological polar surface area (TPSA) is 66.2 Å². The zero-order valence-electron chi connectivity index (χ0n) is 12.9. The summed E-state index contributed by atoms with van der Waals surface area (Å²) in [5, 5.41) is 8.77. The Bertz CT molecular complexity index is 516. The molecule has 0 spiro atoms. The molecule has 0 aliphatic carbocycles. The Morgan fingerprint density at radius 2 is 1.85 bits per heavy atom. The number of amides is 1. The second-order valence-electron chi connectivity index (χ2n) is 6.50. The van der Waals surface area contributed by atoms with Crippen molar-refractivity contribution in [2.75, 3.05) is 4.90 Å². The number of ether oxygens (including phenoxy) is 1. The number of aromatic nitrogens is 1. The Hall–Kier alpha value is -2.09. The normalized spacial score (nSPS) is 11.7. The molecule has 20 heavy (non-hydrogen) atoms. The summed E-state index contributed by atoms with van der Waals surface area (Å²) in [5.74, 6) is 0. The van der Waals surface area contributed by atoms with Crippen LogP contribution in [-0.4, -0.2) is 22.2 Å². The molecule has 0 unspecified atom stereocenters. The third-order valence-electron chi connectivity index (χ3n) is 2.37. The number of anilines is 1. The summed E-state index contributed by atoms with van der Waals surface area (Å²) in [6, 6.07) is 5.23. The molecule has 1 aromatic rings. The fraction of sp³-hybridized carbons (Fsp3) is 0.533. The van der Waals surface area contributed by atoms with Crippen LogP contribution in [0.2, 0.25) is 0 Å². The van der Waals surface area contributed by atoms with Gasteiger partial charge in [-0.25, -0.2) is 9.78 Å². The Balaban J connectivity index is 3.13. The van der Waals surface area contributed by atoms with Crippen LogP contribution < -0.4 is 4.90 Å². The van der Waals surface area contributed by atoms with E-state index in [2.05, 4.69) is 4.98 Å². The SMILES string of the molecule is CC(C)(C)OC(=O)N(c1ccc(C#N)nc1)C(C)(C)C. The molecule has 0 saturated carbocycles. The molecule has 1 aromatic heterocycles. The van der Waals surface area contributed by atoms with E-state index in [0.29, 0.717) is 11.4 Å². The number of rotatable bonds is 1. The molecule has 1 amide bonds. The molecular weight excluding hydrogens is 254 g/mol. The molecule has 1 rings (SSSR count). The molecule has 5 nitrogen and oxygen atoms in total. The summed E-state index contributed by atoms with van der Waals surface area (Å²) in [4.78, 5) is 17.9. The maximum Gasteiger partial charge on any atom is 0.415 e. The fourth-order valence-corrected chi connectivity index (χ4v) is 1.66. The van der Waals surface area contributed by atoms with Gasteiger partial charge in [-0.15, -0.1) is 0 Å². The highest BCUT2D eigenvalue weighted by atomic mass is 16.6. The number of nitrogens with zero attached hydrogens (tertiary/aromatic N) is 3. The molecule has 0 aliphatic heterocycles. The molecular formula is C15H21N3O2. The van der Waals surface area contributed by atoms with Crippen molar-refractivity contribution in [3.05, 3.63) is 24.0 Å². The first-order valence-electron chi connectivity index (χ1n) is 6.44. The van der Waals surface area contributed by atoms with Crippen molar-refractivity contribution in [1.82, 2.24) is 4.98 Å². The maximum atomic E-state index is 12.4. The standard InChI is InChI=1S/C15H21N3O2/c1-14(2,3)18(13(19)20-15(4,5)6)12-8-7-11(9-16)17-10-12/h7-8,10H,1-6H3.